The Kier molecular flexibility index (Phi) is 4.67. The summed E-state index contributed by atoms with van der Waals surface area (Å²) in [6.45, 7) is 1.09. The second-order valence-electron chi connectivity index (χ2n) is 5.18. The van der Waals surface area contributed by atoms with Crippen molar-refractivity contribution in [2.75, 3.05) is 11.9 Å². The number of nitrogens with one attached hydrogen (secondary N) is 1. The molecule has 0 unspecified atom stereocenters. The number of halogens is 2. The Hall–Kier alpha value is -2.93. The molecule has 0 saturated carbocycles. The first-order chi connectivity index (χ1) is 11.9. The molecule has 0 aliphatic rings. The molecule has 0 saturated heterocycles. The van der Waals surface area contributed by atoms with Crippen LogP contribution in [0.3, 0.4) is 0 Å². The number of esters is 1. The maximum Gasteiger partial charge on any atom is 0.375 e. The average molecular weight is 363 g/mol. The van der Waals surface area contributed by atoms with Crippen LogP contribution < -0.4 is 5.32 Å². The fourth-order valence-electron chi connectivity index (χ4n) is 2.21. The van der Waals surface area contributed by atoms with Crippen LogP contribution in [-0.4, -0.2) is 23.5 Å². The number of carbonyl (C=O) groups is 2. The minimum Gasteiger partial charge on any atom is -0.450 e. The van der Waals surface area contributed by atoms with Crippen LogP contribution in [0.25, 0.3) is 11.0 Å². The van der Waals surface area contributed by atoms with E-state index in [4.69, 9.17) is 20.8 Å². The highest BCUT2D eigenvalue weighted by molar-refractivity contribution is 6.30. The number of anilines is 1. The topological polar surface area (TPSA) is 81.4 Å². The predicted octanol–water partition coefficient (Wildman–Crippen LogP) is 3.72. The lowest BCUT2D eigenvalue weighted by Crippen LogP contribution is -2.21. The monoisotopic (exact) mass is 362 g/mol. The van der Waals surface area contributed by atoms with Crippen molar-refractivity contribution in [3.63, 3.8) is 0 Å². The van der Waals surface area contributed by atoms with Gasteiger partial charge in [0.15, 0.2) is 6.61 Å². The van der Waals surface area contributed by atoms with E-state index < -0.39 is 24.3 Å². The summed E-state index contributed by atoms with van der Waals surface area (Å²) >= 11 is 5.70. The van der Waals surface area contributed by atoms with Gasteiger partial charge in [-0.3, -0.25) is 4.79 Å². The van der Waals surface area contributed by atoms with E-state index in [2.05, 4.69) is 10.3 Å². The summed E-state index contributed by atoms with van der Waals surface area (Å²) in [5, 5.41) is 3.36. The van der Waals surface area contributed by atoms with Gasteiger partial charge in [-0.25, -0.2) is 14.2 Å². The molecule has 3 rings (SSSR count). The molecule has 1 amide bonds. The summed E-state index contributed by atoms with van der Waals surface area (Å²) < 4.78 is 23.6. The number of pyridine rings is 1. The smallest absolute Gasteiger partial charge is 0.375 e. The molecule has 0 bridgehead atoms. The van der Waals surface area contributed by atoms with Crippen molar-refractivity contribution in [3.05, 3.63) is 58.7 Å². The molecule has 0 spiro atoms. The number of aryl methyl sites for hydroxylation is 1. The third kappa shape index (κ3) is 3.77. The first kappa shape index (κ1) is 16.9. The predicted molar refractivity (Wildman–Crippen MR) is 89.1 cm³/mol. The summed E-state index contributed by atoms with van der Waals surface area (Å²) in [5.41, 5.74) is 0.806. The van der Waals surface area contributed by atoms with Crippen LogP contribution in [0, 0.1) is 12.7 Å². The first-order valence-electron chi connectivity index (χ1n) is 7.21. The molecule has 0 radical (unpaired) electrons. The molecule has 1 aromatic carbocycles. The highest BCUT2D eigenvalue weighted by atomic mass is 35.5. The molecule has 0 atom stereocenters. The Labute approximate surface area is 146 Å². The second-order valence-corrected chi connectivity index (χ2v) is 5.62. The number of nitrogens with zero attached hydrogens (tertiary/aromatic N) is 1. The van der Waals surface area contributed by atoms with Crippen molar-refractivity contribution in [2.24, 2.45) is 0 Å². The van der Waals surface area contributed by atoms with Crippen molar-refractivity contribution in [1.82, 2.24) is 4.98 Å². The third-order valence-corrected chi connectivity index (χ3v) is 3.64. The van der Waals surface area contributed by atoms with E-state index in [-0.39, 0.29) is 11.6 Å². The van der Waals surface area contributed by atoms with Crippen molar-refractivity contribution < 1.29 is 23.1 Å². The first-order valence-corrected chi connectivity index (χ1v) is 7.59. The minimum absolute atomic E-state index is 0.0713. The molecule has 128 valence electrons. The summed E-state index contributed by atoms with van der Waals surface area (Å²) in [6, 6.07) is 7.00. The van der Waals surface area contributed by atoms with Gasteiger partial charge in [0.25, 0.3) is 5.91 Å². The van der Waals surface area contributed by atoms with Crippen LogP contribution in [0.5, 0.6) is 0 Å². The van der Waals surface area contributed by atoms with Crippen LogP contribution in [0.2, 0.25) is 5.02 Å². The van der Waals surface area contributed by atoms with E-state index >= 15 is 0 Å². The van der Waals surface area contributed by atoms with E-state index in [1.54, 1.807) is 13.0 Å². The Morgan fingerprint density at radius 2 is 2.12 bits per heavy atom. The largest absolute Gasteiger partial charge is 0.450 e. The molecule has 0 aliphatic heterocycles. The summed E-state index contributed by atoms with van der Waals surface area (Å²) in [5.74, 6) is -1.61. The molecule has 2 heterocycles. The van der Waals surface area contributed by atoms with Gasteiger partial charge in [-0.05, 0) is 37.3 Å². The zero-order chi connectivity index (χ0) is 18.0. The van der Waals surface area contributed by atoms with Gasteiger partial charge >= 0.3 is 5.97 Å². The molecule has 3 aromatic rings. The van der Waals surface area contributed by atoms with Gasteiger partial charge in [0.2, 0.25) is 5.76 Å². The molecule has 25 heavy (non-hydrogen) atoms. The normalized spacial score (nSPS) is 10.7. The van der Waals surface area contributed by atoms with Crippen molar-refractivity contribution >= 4 is 40.3 Å². The molecule has 2 aromatic heterocycles. The number of hydrogen-bond acceptors (Lipinski definition) is 5. The average Bonchev–Trinajstić information content (AvgIpc) is 2.91. The highest BCUT2D eigenvalue weighted by Crippen LogP contribution is 2.26. The lowest BCUT2D eigenvalue weighted by Gasteiger charge is -2.05. The minimum atomic E-state index is -0.812. The zero-order valence-electron chi connectivity index (χ0n) is 13.0. The Morgan fingerprint density at radius 3 is 2.84 bits per heavy atom. The molecular weight excluding hydrogens is 351 g/mol. The van der Waals surface area contributed by atoms with E-state index in [1.807, 2.05) is 0 Å². The lowest BCUT2D eigenvalue weighted by atomic mass is 10.1. The maximum absolute atomic E-state index is 13.3. The third-order valence-electron chi connectivity index (χ3n) is 3.41. The van der Waals surface area contributed by atoms with Crippen LogP contribution in [0.1, 0.15) is 16.1 Å². The number of furan rings is 1. The number of hydrogen-bond donors (Lipinski definition) is 1. The van der Waals surface area contributed by atoms with Gasteiger partial charge in [-0.2, -0.15) is 0 Å². The van der Waals surface area contributed by atoms with Gasteiger partial charge in [0.05, 0.1) is 5.02 Å². The number of amides is 1. The number of aromatic nitrogens is 1. The Bertz CT molecular complexity index is 953. The Balaban J connectivity index is 1.65. The fraction of sp³-hybridized carbons (Fsp3) is 0.118. The molecule has 8 heteroatoms. The SMILES string of the molecule is Cc1c(C(=O)OCC(=O)Nc2ccc(Cl)cn2)oc2ccc(F)cc12. The quantitative estimate of drug-likeness (QED) is 0.715. The van der Waals surface area contributed by atoms with Crippen LogP contribution in [0.4, 0.5) is 10.2 Å². The number of carbonyl (C=O) groups excluding carboxylic acids is 2. The lowest BCUT2D eigenvalue weighted by molar-refractivity contribution is -0.119. The molecular formula is C17H12ClFN2O4. The standard InChI is InChI=1S/C17H12ClFN2O4/c1-9-12-6-11(19)3-4-13(12)25-16(9)17(23)24-8-15(22)21-14-5-2-10(18)7-20-14/h2-7H,8H2,1H3,(H,20,21,22). The van der Waals surface area contributed by atoms with Crippen molar-refractivity contribution in [2.45, 2.75) is 6.92 Å². The number of fused-ring (bicyclic) bond motifs is 1. The second kappa shape index (κ2) is 6.90. The van der Waals surface area contributed by atoms with Crippen LogP contribution >= 0.6 is 11.6 Å². The van der Waals surface area contributed by atoms with E-state index in [0.29, 0.717) is 21.6 Å². The van der Waals surface area contributed by atoms with Crippen LogP contribution in [-0.2, 0) is 9.53 Å². The summed E-state index contributed by atoms with van der Waals surface area (Å²) in [4.78, 5) is 27.8. The molecule has 0 fully saturated rings. The van der Waals surface area contributed by atoms with E-state index in [0.717, 1.165) is 0 Å². The van der Waals surface area contributed by atoms with Gasteiger partial charge < -0.3 is 14.5 Å². The van der Waals surface area contributed by atoms with Gasteiger partial charge in [-0.1, -0.05) is 11.6 Å². The summed E-state index contributed by atoms with van der Waals surface area (Å²) in [7, 11) is 0. The maximum atomic E-state index is 13.3. The molecule has 0 aliphatic carbocycles. The van der Waals surface area contributed by atoms with Crippen molar-refractivity contribution in [3.8, 4) is 0 Å². The fourth-order valence-corrected chi connectivity index (χ4v) is 2.32. The van der Waals surface area contributed by atoms with Gasteiger partial charge in [-0.15, -0.1) is 0 Å². The van der Waals surface area contributed by atoms with Crippen molar-refractivity contribution in [1.29, 1.82) is 0 Å². The van der Waals surface area contributed by atoms with E-state index in [1.165, 1.54) is 30.5 Å². The summed E-state index contributed by atoms with van der Waals surface area (Å²) in [6.07, 6.45) is 1.38. The number of benzene rings is 1. The van der Waals surface area contributed by atoms with Gasteiger partial charge in [0.1, 0.15) is 17.2 Å². The van der Waals surface area contributed by atoms with E-state index in [9.17, 15) is 14.0 Å². The van der Waals surface area contributed by atoms with Gasteiger partial charge in [0, 0.05) is 17.1 Å². The Morgan fingerprint density at radius 1 is 1.32 bits per heavy atom. The zero-order valence-corrected chi connectivity index (χ0v) is 13.8. The number of ether oxygens (including phenoxy) is 1. The highest BCUT2D eigenvalue weighted by Gasteiger charge is 2.20. The molecule has 6 nitrogen and oxygen atoms in total. The number of rotatable bonds is 4. The molecule has 1 N–H and O–H groups in total. The van der Waals surface area contributed by atoms with Crippen LogP contribution in [0.15, 0.2) is 40.9 Å².